The molecule has 0 radical (unpaired) electrons. The molecule has 1 aliphatic rings. The van der Waals surface area contributed by atoms with Crippen LogP contribution in [-0.4, -0.2) is 64.2 Å². The average Bonchev–Trinajstić information content (AvgIpc) is 2.74. The first-order valence-corrected chi connectivity index (χ1v) is 9.71. The van der Waals surface area contributed by atoms with Crippen molar-refractivity contribution in [3.63, 3.8) is 0 Å². The molecule has 1 aliphatic heterocycles. The van der Waals surface area contributed by atoms with Crippen LogP contribution in [0.25, 0.3) is 10.8 Å². The number of aromatic hydroxyl groups is 1. The van der Waals surface area contributed by atoms with Crippen LogP contribution in [0, 0.1) is 0 Å². The molecule has 2 atom stereocenters. The van der Waals surface area contributed by atoms with Gasteiger partial charge in [-0.1, -0.05) is 36.4 Å². The lowest BCUT2D eigenvalue weighted by atomic mass is 9.77. The van der Waals surface area contributed by atoms with Crippen molar-refractivity contribution in [1.82, 2.24) is 14.8 Å². The van der Waals surface area contributed by atoms with Crippen LogP contribution in [-0.2, 0) is 5.54 Å². The molecule has 0 aliphatic carbocycles. The van der Waals surface area contributed by atoms with Crippen molar-refractivity contribution >= 4 is 16.7 Å². The number of pyridine rings is 1. The zero-order valence-electron chi connectivity index (χ0n) is 16.6. The summed E-state index contributed by atoms with van der Waals surface area (Å²) in [6, 6.07) is 15.0. The highest BCUT2D eigenvalue weighted by Crippen LogP contribution is 2.38. The van der Waals surface area contributed by atoms with E-state index in [-0.39, 0.29) is 23.8 Å². The van der Waals surface area contributed by atoms with Gasteiger partial charge in [-0.05, 0) is 38.2 Å². The van der Waals surface area contributed by atoms with E-state index in [0.29, 0.717) is 18.4 Å². The van der Waals surface area contributed by atoms with Crippen LogP contribution >= 0.6 is 0 Å². The molecule has 0 spiro atoms. The normalized spacial score (nSPS) is 22.2. The Morgan fingerprint density at radius 2 is 1.93 bits per heavy atom. The lowest BCUT2D eigenvalue weighted by molar-refractivity contribution is -0.0612. The first-order valence-electron chi connectivity index (χ1n) is 9.71. The quantitative estimate of drug-likeness (QED) is 0.718. The molecule has 1 saturated heterocycles. The molecule has 1 fully saturated rings. The van der Waals surface area contributed by atoms with E-state index in [9.17, 15) is 15.0 Å². The van der Waals surface area contributed by atoms with Gasteiger partial charge >= 0.3 is 0 Å². The molecule has 1 aromatic heterocycles. The predicted molar refractivity (Wildman–Crippen MR) is 112 cm³/mol. The third-order valence-electron chi connectivity index (χ3n) is 6.09. The molecule has 0 saturated carbocycles. The molecule has 6 heteroatoms. The number of phenols is 1. The largest absolute Gasteiger partial charge is 0.506 e. The Balaban J connectivity index is 1.63. The van der Waals surface area contributed by atoms with Gasteiger partial charge in [0.1, 0.15) is 5.75 Å². The van der Waals surface area contributed by atoms with Crippen molar-refractivity contribution in [2.75, 3.05) is 27.2 Å². The van der Waals surface area contributed by atoms with Gasteiger partial charge in [0.15, 0.2) is 0 Å². The number of hydrogen-bond donors (Lipinski definition) is 2. The number of piperidine rings is 1. The fourth-order valence-electron chi connectivity index (χ4n) is 4.45. The molecule has 29 heavy (non-hydrogen) atoms. The molecule has 150 valence electrons. The fourth-order valence-corrected chi connectivity index (χ4v) is 4.45. The number of aromatic nitrogens is 1. The van der Waals surface area contributed by atoms with Crippen molar-refractivity contribution in [2.24, 2.45) is 0 Å². The van der Waals surface area contributed by atoms with Crippen LogP contribution in [0.4, 0.5) is 0 Å². The summed E-state index contributed by atoms with van der Waals surface area (Å²) in [5.74, 6) is -0.322. The highest BCUT2D eigenvalue weighted by Gasteiger charge is 2.46. The number of rotatable bonds is 3. The Labute approximate surface area is 170 Å². The van der Waals surface area contributed by atoms with Crippen molar-refractivity contribution in [3.8, 4) is 5.75 Å². The number of aliphatic hydroxyl groups is 1. The van der Waals surface area contributed by atoms with Gasteiger partial charge in [-0.25, -0.2) is 0 Å². The number of carbonyl (C=O) groups is 1. The maximum atomic E-state index is 13.2. The third kappa shape index (κ3) is 3.14. The van der Waals surface area contributed by atoms with Crippen LogP contribution in [0.1, 0.15) is 22.3 Å². The Kier molecular flexibility index (Phi) is 4.98. The summed E-state index contributed by atoms with van der Waals surface area (Å²) in [5.41, 5.74) is 0.716. The Hall–Kier alpha value is -2.96. The van der Waals surface area contributed by atoms with E-state index in [1.54, 1.807) is 35.5 Å². The first kappa shape index (κ1) is 19.4. The van der Waals surface area contributed by atoms with Crippen LogP contribution in [0.3, 0.4) is 0 Å². The summed E-state index contributed by atoms with van der Waals surface area (Å²) in [4.78, 5) is 20.9. The SMILES string of the molecule is CN(C)[C@]1(c2ccccc2)CCN(C(=O)c2ccc3cnccc3c2O)C[C@H]1O. The molecule has 2 aromatic carbocycles. The highest BCUT2D eigenvalue weighted by molar-refractivity contribution is 6.03. The molecule has 0 bridgehead atoms. The second-order valence-electron chi connectivity index (χ2n) is 7.76. The van der Waals surface area contributed by atoms with E-state index in [2.05, 4.69) is 4.98 Å². The van der Waals surface area contributed by atoms with Gasteiger partial charge in [0.25, 0.3) is 5.91 Å². The number of benzene rings is 2. The van der Waals surface area contributed by atoms with E-state index in [0.717, 1.165) is 10.9 Å². The lowest BCUT2D eigenvalue weighted by Crippen LogP contribution is -2.60. The molecule has 3 aromatic rings. The summed E-state index contributed by atoms with van der Waals surface area (Å²) in [5, 5.41) is 23.2. The molecular weight excluding hydrogens is 366 g/mol. The first-order chi connectivity index (χ1) is 13.9. The van der Waals surface area contributed by atoms with Gasteiger partial charge < -0.3 is 15.1 Å². The van der Waals surface area contributed by atoms with Gasteiger partial charge in [-0.2, -0.15) is 0 Å². The van der Waals surface area contributed by atoms with Gasteiger partial charge in [0.05, 0.1) is 17.2 Å². The Morgan fingerprint density at radius 1 is 1.17 bits per heavy atom. The number of likely N-dealkylation sites (N-methyl/N-ethyl adjacent to an activating group) is 1. The van der Waals surface area contributed by atoms with Crippen molar-refractivity contribution in [2.45, 2.75) is 18.1 Å². The maximum Gasteiger partial charge on any atom is 0.257 e. The predicted octanol–water partition coefficient (Wildman–Crippen LogP) is 2.60. The molecule has 6 nitrogen and oxygen atoms in total. The Bertz CT molecular complexity index is 1040. The fraction of sp³-hybridized carbons (Fsp3) is 0.304. The number of amides is 1. The number of hydrogen-bond acceptors (Lipinski definition) is 5. The summed E-state index contributed by atoms with van der Waals surface area (Å²) in [6.07, 6.45) is 3.07. The van der Waals surface area contributed by atoms with Crippen molar-refractivity contribution in [1.29, 1.82) is 0 Å². The number of phenolic OH excluding ortho intramolecular Hbond substituents is 1. The molecule has 0 unspecified atom stereocenters. The van der Waals surface area contributed by atoms with Crippen LogP contribution < -0.4 is 0 Å². The van der Waals surface area contributed by atoms with E-state index in [1.165, 1.54) is 0 Å². The average molecular weight is 391 g/mol. The van der Waals surface area contributed by atoms with E-state index >= 15 is 0 Å². The van der Waals surface area contributed by atoms with Crippen LogP contribution in [0.5, 0.6) is 5.75 Å². The molecule has 4 rings (SSSR count). The Morgan fingerprint density at radius 3 is 2.62 bits per heavy atom. The van der Waals surface area contributed by atoms with Crippen molar-refractivity contribution < 1.29 is 15.0 Å². The smallest absolute Gasteiger partial charge is 0.257 e. The van der Waals surface area contributed by atoms with E-state index < -0.39 is 11.6 Å². The highest BCUT2D eigenvalue weighted by atomic mass is 16.3. The maximum absolute atomic E-state index is 13.2. The number of likely N-dealkylation sites (tertiary alicyclic amines) is 1. The molecule has 1 amide bonds. The second kappa shape index (κ2) is 7.46. The van der Waals surface area contributed by atoms with Crippen molar-refractivity contribution in [3.05, 3.63) is 72.1 Å². The van der Waals surface area contributed by atoms with Gasteiger partial charge in [0, 0.05) is 36.3 Å². The minimum atomic E-state index is -0.760. The third-order valence-corrected chi connectivity index (χ3v) is 6.09. The molecular formula is C23H25N3O3. The number of aliphatic hydroxyl groups excluding tert-OH is 1. The summed E-state index contributed by atoms with van der Waals surface area (Å²) >= 11 is 0. The second-order valence-corrected chi connectivity index (χ2v) is 7.76. The number of nitrogens with zero attached hydrogens (tertiary/aromatic N) is 3. The van der Waals surface area contributed by atoms with Crippen LogP contribution in [0.15, 0.2) is 60.9 Å². The van der Waals surface area contributed by atoms with Gasteiger partial charge in [-0.3, -0.25) is 14.7 Å². The zero-order valence-corrected chi connectivity index (χ0v) is 16.6. The molecule has 2 N–H and O–H groups in total. The van der Waals surface area contributed by atoms with E-state index in [1.807, 2.05) is 49.3 Å². The van der Waals surface area contributed by atoms with Gasteiger partial charge in [0.2, 0.25) is 0 Å². The lowest BCUT2D eigenvalue weighted by Gasteiger charge is -2.49. The topological polar surface area (TPSA) is 76.9 Å². The van der Waals surface area contributed by atoms with Gasteiger partial charge in [-0.15, -0.1) is 0 Å². The number of carbonyl (C=O) groups excluding carboxylic acids is 1. The summed E-state index contributed by atoms with van der Waals surface area (Å²) in [6.45, 7) is 0.677. The minimum Gasteiger partial charge on any atom is -0.506 e. The van der Waals surface area contributed by atoms with E-state index in [4.69, 9.17) is 0 Å². The number of fused-ring (bicyclic) bond motifs is 1. The molecule has 2 heterocycles. The monoisotopic (exact) mass is 391 g/mol. The zero-order chi connectivity index (χ0) is 20.6. The standard InChI is InChI=1S/C23H25N3O3/c1-25(2)23(17-6-4-3-5-7-17)11-13-26(15-20(23)27)22(29)19-9-8-16-14-24-12-10-18(16)21(19)28/h3-10,12,14,20,27-28H,11,13,15H2,1-2H3/t20-,23+/m1/s1. The van der Waals surface area contributed by atoms with Crippen LogP contribution in [0.2, 0.25) is 0 Å². The summed E-state index contributed by atoms with van der Waals surface area (Å²) in [7, 11) is 3.91. The summed E-state index contributed by atoms with van der Waals surface area (Å²) < 4.78 is 0. The minimum absolute atomic E-state index is 0.0445. The number of β-amino-alcohol motifs (C(OH)–C–C–N with tert-alkyl or cyclic N) is 1.